The summed E-state index contributed by atoms with van der Waals surface area (Å²) in [4.78, 5) is 12.3. The molecule has 0 bridgehead atoms. The second-order valence-electron chi connectivity index (χ2n) is 5.88. The quantitative estimate of drug-likeness (QED) is 0.637. The summed E-state index contributed by atoms with van der Waals surface area (Å²) in [5, 5.41) is 13.9. The number of methoxy groups -OCH3 is 3. The Balaban J connectivity index is 1.61. The third-order valence-electron chi connectivity index (χ3n) is 4.13. The molecule has 9 heteroatoms. The largest absolute Gasteiger partial charge is 0.493 e. The van der Waals surface area contributed by atoms with Crippen molar-refractivity contribution >= 4 is 11.6 Å². The van der Waals surface area contributed by atoms with Gasteiger partial charge >= 0.3 is 0 Å². The van der Waals surface area contributed by atoms with E-state index in [1.807, 2.05) is 24.3 Å². The first-order valence-electron chi connectivity index (χ1n) is 8.56. The van der Waals surface area contributed by atoms with Crippen LogP contribution in [0, 0.1) is 0 Å². The Bertz CT molecular complexity index is 901. The maximum Gasteiger partial charge on any atom is 0.224 e. The van der Waals surface area contributed by atoms with E-state index in [4.69, 9.17) is 14.2 Å². The number of hydrogen-bond donors (Lipinski definition) is 1. The number of ether oxygens (including phenoxy) is 3. The van der Waals surface area contributed by atoms with Gasteiger partial charge in [0.2, 0.25) is 11.7 Å². The summed E-state index contributed by atoms with van der Waals surface area (Å²) in [5.74, 6) is 1.57. The summed E-state index contributed by atoms with van der Waals surface area (Å²) in [6.07, 6.45) is 2.35. The smallest absolute Gasteiger partial charge is 0.224 e. The molecule has 0 unspecified atom stereocenters. The number of nitrogens with zero attached hydrogens (tertiary/aromatic N) is 4. The van der Waals surface area contributed by atoms with E-state index >= 15 is 0 Å². The number of nitrogens with one attached hydrogen (secondary N) is 1. The number of hydrogen-bond acceptors (Lipinski definition) is 7. The second kappa shape index (κ2) is 8.85. The Morgan fingerprint density at radius 2 is 1.71 bits per heavy atom. The number of anilines is 1. The van der Waals surface area contributed by atoms with E-state index in [-0.39, 0.29) is 5.91 Å². The van der Waals surface area contributed by atoms with Crippen LogP contribution in [0.5, 0.6) is 17.2 Å². The normalized spacial score (nSPS) is 10.4. The van der Waals surface area contributed by atoms with Crippen molar-refractivity contribution in [2.45, 2.75) is 12.8 Å². The van der Waals surface area contributed by atoms with Gasteiger partial charge in [0.15, 0.2) is 11.5 Å². The summed E-state index contributed by atoms with van der Waals surface area (Å²) in [6, 6.07) is 10.9. The molecule has 28 heavy (non-hydrogen) atoms. The van der Waals surface area contributed by atoms with Gasteiger partial charge in [-0.05, 0) is 58.8 Å². The molecule has 0 aliphatic heterocycles. The van der Waals surface area contributed by atoms with E-state index in [0.29, 0.717) is 35.8 Å². The number of carbonyl (C=O) groups is 1. The molecule has 0 saturated heterocycles. The molecule has 9 nitrogen and oxygen atoms in total. The van der Waals surface area contributed by atoms with Crippen molar-refractivity contribution in [2.75, 3.05) is 26.6 Å². The maximum absolute atomic E-state index is 12.3. The molecule has 1 amide bonds. The fourth-order valence-electron chi connectivity index (χ4n) is 2.74. The molecule has 0 spiro atoms. The van der Waals surface area contributed by atoms with Crippen molar-refractivity contribution in [1.82, 2.24) is 20.2 Å². The van der Waals surface area contributed by atoms with Crippen LogP contribution < -0.4 is 19.5 Å². The van der Waals surface area contributed by atoms with Gasteiger partial charge in [0, 0.05) is 12.1 Å². The Morgan fingerprint density at radius 3 is 2.25 bits per heavy atom. The molecule has 3 aromatic rings. The predicted molar refractivity (Wildman–Crippen MR) is 102 cm³/mol. The van der Waals surface area contributed by atoms with E-state index in [2.05, 4.69) is 20.8 Å². The number of tetrazole rings is 1. The lowest BCUT2D eigenvalue weighted by Crippen LogP contribution is -2.12. The predicted octanol–water partition coefficient (Wildman–Crippen LogP) is 2.26. The molecule has 146 valence electrons. The topological polar surface area (TPSA) is 100 Å². The minimum atomic E-state index is -0.0936. The number of benzene rings is 2. The molecule has 0 fully saturated rings. The maximum atomic E-state index is 12.3. The van der Waals surface area contributed by atoms with Crippen LogP contribution in [0.3, 0.4) is 0 Å². The highest BCUT2D eigenvalue weighted by Crippen LogP contribution is 2.38. The fourth-order valence-corrected chi connectivity index (χ4v) is 2.74. The van der Waals surface area contributed by atoms with E-state index in [9.17, 15) is 4.79 Å². The van der Waals surface area contributed by atoms with Crippen LogP contribution in [-0.2, 0) is 11.2 Å². The van der Waals surface area contributed by atoms with Gasteiger partial charge in [-0.2, -0.15) is 0 Å². The molecule has 2 aromatic carbocycles. The number of amides is 1. The Labute approximate surface area is 162 Å². The standard InChI is InChI=1S/C19H21N5O4/c1-26-16-10-13(11-17(27-2)19(16)28-3)4-9-18(25)21-14-5-7-15(8-6-14)24-12-20-22-23-24/h5-8,10-12H,4,9H2,1-3H3,(H,21,25). The SMILES string of the molecule is COc1cc(CCC(=O)Nc2ccc(-n3cnnn3)cc2)cc(OC)c1OC. The lowest BCUT2D eigenvalue weighted by molar-refractivity contribution is -0.116. The van der Waals surface area contributed by atoms with Crippen LogP contribution in [0.15, 0.2) is 42.7 Å². The van der Waals surface area contributed by atoms with Crippen LogP contribution in [-0.4, -0.2) is 47.4 Å². The molecule has 0 aliphatic rings. The Kier molecular flexibility index (Phi) is 6.05. The average molecular weight is 383 g/mol. The summed E-state index contributed by atoms with van der Waals surface area (Å²) in [7, 11) is 4.68. The zero-order valence-electron chi connectivity index (χ0n) is 15.9. The van der Waals surface area contributed by atoms with Gasteiger partial charge in [-0.25, -0.2) is 4.68 Å². The van der Waals surface area contributed by atoms with Gasteiger partial charge < -0.3 is 19.5 Å². The van der Waals surface area contributed by atoms with Crippen LogP contribution in [0.25, 0.3) is 5.69 Å². The fraction of sp³-hybridized carbons (Fsp3) is 0.263. The highest BCUT2D eigenvalue weighted by atomic mass is 16.5. The monoisotopic (exact) mass is 383 g/mol. The number of carbonyl (C=O) groups excluding carboxylic acids is 1. The van der Waals surface area contributed by atoms with Crippen molar-refractivity contribution in [2.24, 2.45) is 0 Å². The molecule has 1 N–H and O–H groups in total. The van der Waals surface area contributed by atoms with Crippen LogP contribution in [0.4, 0.5) is 5.69 Å². The van der Waals surface area contributed by atoms with Crippen molar-refractivity contribution in [3.63, 3.8) is 0 Å². The number of aromatic nitrogens is 4. The van der Waals surface area contributed by atoms with Crippen molar-refractivity contribution in [1.29, 1.82) is 0 Å². The van der Waals surface area contributed by atoms with Gasteiger partial charge in [0.05, 0.1) is 27.0 Å². The molecule has 1 aromatic heterocycles. The van der Waals surface area contributed by atoms with Crippen molar-refractivity contribution in [3.8, 4) is 22.9 Å². The van der Waals surface area contributed by atoms with Gasteiger partial charge in [-0.15, -0.1) is 5.10 Å². The molecule has 1 heterocycles. The van der Waals surface area contributed by atoms with E-state index in [0.717, 1.165) is 11.3 Å². The minimum absolute atomic E-state index is 0.0936. The zero-order chi connectivity index (χ0) is 19.9. The molecular weight excluding hydrogens is 362 g/mol. The third kappa shape index (κ3) is 4.37. The van der Waals surface area contributed by atoms with Gasteiger partial charge in [-0.1, -0.05) is 0 Å². The lowest BCUT2D eigenvalue weighted by atomic mass is 10.1. The van der Waals surface area contributed by atoms with Crippen LogP contribution in [0.1, 0.15) is 12.0 Å². The lowest BCUT2D eigenvalue weighted by Gasteiger charge is -2.14. The van der Waals surface area contributed by atoms with Gasteiger partial charge in [0.25, 0.3) is 0 Å². The molecule has 0 radical (unpaired) electrons. The highest BCUT2D eigenvalue weighted by Gasteiger charge is 2.14. The highest BCUT2D eigenvalue weighted by molar-refractivity contribution is 5.90. The Morgan fingerprint density at radius 1 is 1.04 bits per heavy atom. The van der Waals surface area contributed by atoms with Gasteiger partial charge in [0.1, 0.15) is 6.33 Å². The van der Waals surface area contributed by atoms with Crippen molar-refractivity contribution < 1.29 is 19.0 Å². The second-order valence-corrected chi connectivity index (χ2v) is 5.88. The van der Waals surface area contributed by atoms with E-state index in [1.54, 1.807) is 33.5 Å². The zero-order valence-corrected chi connectivity index (χ0v) is 15.9. The molecule has 0 aliphatic carbocycles. The van der Waals surface area contributed by atoms with Gasteiger partial charge in [-0.3, -0.25) is 4.79 Å². The summed E-state index contributed by atoms with van der Waals surface area (Å²) < 4.78 is 17.5. The molecule has 3 rings (SSSR count). The summed E-state index contributed by atoms with van der Waals surface area (Å²) in [6.45, 7) is 0. The van der Waals surface area contributed by atoms with Crippen molar-refractivity contribution in [3.05, 3.63) is 48.3 Å². The molecular formula is C19H21N5O4. The Hall–Kier alpha value is -3.62. The summed E-state index contributed by atoms with van der Waals surface area (Å²) in [5.41, 5.74) is 2.42. The van der Waals surface area contributed by atoms with E-state index < -0.39 is 0 Å². The molecule has 0 saturated carbocycles. The average Bonchev–Trinajstić information content (AvgIpc) is 3.26. The summed E-state index contributed by atoms with van der Waals surface area (Å²) >= 11 is 0. The minimum Gasteiger partial charge on any atom is -0.493 e. The number of aryl methyl sites for hydroxylation is 1. The first kappa shape index (κ1) is 19.2. The van der Waals surface area contributed by atoms with E-state index in [1.165, 1.54) is 11.0 Å². The van der Waals surface area contributed by atoms with Crippen LogP contribution >= 0.6 is 0 Å². The number of rotatable bonds is 8. The molecule has 0 atom stereocenters. The first-order valence-corrected chi connectivity index (χ1v) is 8.56. The first-order chi connectivity index (χ1) is 13.6. The van der Waals surface area contributed by atoms with Crippen LogP contribution in [0.2, 0.25) is 0 Å². The third-order valence-corrected chi connectivity index (χ3v) is 4.13.